The third-order valence-corrected chi connectivity index (χ3v) is 2.71. The molecule has 11 heavy (non-hydrogen) atoms. The van der Waals surface area contributed by atoms with E-state index < -0.39 is 0 Å². The predicted molar refractivity (Wildman–Crippen MR) is 46.3 cm³/mol. The zero-order chi connectivity index (χ0) is 7.84. The summed E-state index contributed by atoms with van der Waals surface area (Å²) in [6.07, 6.45) is 1.09. The number of hydrogen-bond acceptors (Lipinski definition) is 2. The summed E-state index contributed by atoms with van der Waals surface area (Å²) in [5.74, 6) is 0. The Kier molecular flexibility index (Phi) is 1.73. The van der Waals surface area contributed by atoms with Crippen molar-refractivity contribution in [2.75, 3.05) is 6.54 Å². The van der Waals surface area contributed by atoms with Gasteiger partial charge in [-0.05, 0) is 28.9 Å². The molecule has 0 aromatic carbocycles. The summed E-state index contributed by atoms with van der Waals surface area (Å²) in [4.78, 5) is 0. The smallest absolute Gasteiger partial charge is 0.131 e. The highest BCUT2D eigenvalue weighted by Crippen LogP contribution is 2.21. The number of rotatable bonds is 0. The van der Waals surface area contributed by atoms with E-state index in [1.54, 1.807) is 0 Å². The summed E-state index contributed by atoms with van der Waals surface area (Å²) >= 11 is 3.44. The van der Waals surface area contributed by atoms with Gasteiger partial charge >= 0.3 is 0 Å². The SMILES string of the molecule is Cn1nc(Br)c2c1CNCC2. The second-order valence-corrected chi connectivity index (χ2v) is 3.52. The van der Waals surface area contributed by atoms with Crippen LogP contribution in [0.3, 0.4) is 0 Å². The molecule has 1 aliphatic rings. The van der Waals surface area contributed by atoms with Crippen molar-refractivity contribution in [1.82, 2.24) is 15.1 Å². The number of aryl methyl sites for hydroxylation is 1. The summed E-state index contributed by atoms with van der Waals surface area (Å²) in [6.45, 7) is 2.02. The van der Waals surface area contributed by atoms with E-state index in [1.807, 2.05) is 11.7 Å². The molecule has 1 aliphatic heterocycles. The normalized spacial score (nSPS) is 16.5. The standard InChI is InChI=1S/C7H10BrN3/c1-11-6-4-9-3-2-5(6)7(8)10-11/h9H,2-4H2,1H3. The molecule has 0 saturated carbocycles. The predicted octanol–water partition coefficient (Wildman–Crippen LogP) is 0.828. The quantitative estimate of drug-likeness (QED) is 0.696. The third kappa shape index (κ3) is 1.10. The summed E-state index contributed by atoms with van der Waals surface area (Å²) in [5.41, 5.74) is 2.68. The highest BCUT2D eigenvalue weighted by atomic mass is 79.9. The van der Waals surface area contributed by atoms with Gasteiger partial charge in [0.15, 0.2) is 0 Å². The minimum atomic E-state index is 0.949. The molecule has 4 heteroatoms. The Balaban J connectivity index is 2.52. The molecule has 0 aliphatic carbocycles. The third-order valence-electron chi connectivity index (χ3n) is 2.07. The lowest BCUT2D eigenvalue weighted by molar-refractivity contribution is 0.593. The largest absolute Gasteiger partial charge is 0.311 e. The van der Waals surface area contributed by atoms with Gasteiger partial charge in [0.25, 0.3) is 0 Å². The number of halogens is 1. The minimum Gasteiger partial charge on any atom is -0.311 e. The molecule has 0 atom stereocenters. The van der Waals surface area contributed by atoms with Crippen molar-refractivity contribution in [2.24, 2.45) is 7.05 Å². The molecule has 1 N–H and O–H groups in total. The fourth-order valence-electron chi connectivity index (χ4n) is 1.46. The van der Waals surface area contributed by atoms with Crippen molar-refractivity contribution < 1.29 is 0 Å². The van der Waals surface area contributed by atoms with E-state index in [-0.39, 0.29) is 0 Å². The van der Waals surface area contributed by atoms with Crippen molar-refractivity contribution in [3.05, 3.63) is 15.9 Å². The number of nitrogens with zero attached hydrogens (tertiary/aromatic N) is 2. The first-order chi connectivity index (χ1) is 5.29. The Morgan fingerprint density at radius 3 is 3.18 bits per heavy atom. The van der Waals surface area contributed by atoms with Crippen LogP contribution >= 0.6 is 15.9 Å². The molecule has 0 radical (unpaired) electrons. The summed E-state index contributed by atoms with van der Waals surface area (Å²) in [6, 6.07) is 0. The van der Waals surface area contributed by atoms with Crippen LogP contribution in [0.4, 0.5) is 0 Å². The molecule has 0 spiro atoms. The maximum Gasteiger partial charge on any atom is 0.131 e. The summed E-state index contributed by atoms with van der Waals surface area (Å²) < 4.78 is 2.95. The maximum atomic E-state index is 4.29. The molecular formula is C7H10BrN3. The van der Waals surface area contributed by atoms with Crippen molar-refractivity contribution in [3.63, 3.8) is 0 Å². The second-order valence-electron chi connectivity index (χ2n) is 2.77. The lowest BCUT2D eigenvalue weighted by Gasteiger charge is -2.13. The van der Waals surface area contributed by atoms with Crippen molar-refractivity contribution in [2.45, 2.75) is 13.0 Å². The van der Waals surface area contributed by atoms with Crippen molar-refractivity contribution >= 4 is 15.9 Å². The average Bonchev–Trinajstić information content (AvgIpc) is 2.30. The Labute approximate surface area is 73.9 Å². The molecule has 0 bridgehead atoms. The van der Waals surface area contributed by atoms with E-state index in [0.717, 1.165) is 24.1 Å². The van der Waals surface area contributed by atoms with Gasteiger partial charge in [-0.1, -0.05) is 0 Å². The van der Waals surface area contributed by atoms with Crippen LogP contribution in [0.5, 0.6) is 0 Å². The molecule has 2 heterocycles. The fourth-order valence-corrected chi connectivity index (χ4v) is 2.12. The first kappa shape index (κ1) is 7.31. The Morgan fingerprint density at radius 2 is 2.45 bits per heavy atom. The lowest BCUT2D eigenvalue weighted by Crippen LogP contribution is -2.24. The van der Waals surface area contributed by atoms with Gasteiger partial charge in [-0.3, -0.25) is 4.68 Å². The summed E-state index contributed by atoms with van der Waals surface area (Å²) in [5, 5.41) is 7.60. The van der Waals surface area contributed by atoms with Gasteiger partial charge in [-0.25, -0.2) is 0 Å². The van der Waals surface area contributed by atoms with Crippen molar-refractivity contribution in [3.8, 4) is 0 Å². The monoisotopic (exact) mass is 215 g/mol. The van der Waals surface area contributed by atoms with E-state index in [9.17, 15) is 0 Å². The number of aromatic nitrogens is 2. The van der Waals surface area contributed by atoms with Crippen molar-refractivity contribution in [1.29, 1.82) is 0 Å². The van der Waals surface area contributed by atoms with Crippen LogP contribution in [0.25, 0.3) is 0 Å². The highest BCUT2D eigenvalue weighted by Gasteiger charge is 2.16. The number of fused-ring (bicyclic) bond motifs is 1. The van der Waals surface area contributed by atoms with Crippen LogP contribution in [0.1, 0.15) is 11.3 Å². The van der Waals surface area contributed by atoms with Crippen LogP contribution in [-0.4, -0.2) is 16.3 Å². The Hall–Kier alpha value is -0.350. The van der Waals surface area contributed by atoms with Crippen LogP contribution in [0, 0.1) is 0 Å². The minimum absolute atomic E-state index is 0.949. The van der Waals surface area contributed by atoms with E-state index in [1.165, 1.54) is 11.3 Å². The van der Waals surface area contributed by atoms with E-state index in [4.69, 9.17) is 0 Å². The van der Waals surface area contributed by atoms with E-state index >= 15 is 0 Å². The van der Waals surface area contributed by atoms with E-state index in [2.05, 4.69) is 26.3 Å². The summed E-state index contributed by atoms with van der Waals surface area (Å²) in [7, 11) is 1.98. The molecule has 1 aromatic heterocycles. The molecule has 3 nitrogen and oxygen atoms in total. The highest BCUT2D eigenvalue weighted by molar-refractivity contribution is 9.10. The maximum absolute atomic E-state index is 4.29. The van der Waals surface area contributed by atoms with Gasteiger partial charge in [0.1, 0.15) is 4.60 Å². The molecule has 0 fully saturated rings. The van der Waals surface area contributed by atoms with Gasteiger partial charge in [-0.15, -0.1) is 0 Å². The van der Waals surface area contributed by atoms with Gasteiger partial charge in [0.05, 0.1) is 5.69 Å². The Bertz CT molecular complexity index is 253. The van der Waals surface area contributed by atoms with Gasteiger partial charge in [0, 0.05) is 19.2 Å². The first-order valence-corrected chi connectivity index (χ1v) is 4.49. The van der Waals surface area contributed by atoms with Gasteiger partial charge < -0.3 is 5.32 Å². The first-order valence-electron chi connectivity index (χ1n) is 3.70. The second kappa shape index (κ2) is 2.60. The lowest BCUT2D eigenvalue weighted by atomic mass is 10.1. The molecule has 60 valence electrons. The average molecular weight is 216 g/mol. The van der Waals surface area contributed by atoms with E-state index in [0.29, 0.717) is 0 Å². The molecule has 0 amide bonds. The molecular weight excluding hydrogens is 206 g/mol. The van der Waals surface area contributed by atoms with Crippen LogP contribution in [0.15, 0.2) is 4.60 Å². The molecule has 0 saturated heterocycles. The molecule has 2 rings (SSSR count). The fraction of sp³-hybridized carbons (Fsp3) is 0.571. The van der Waals surface area contributed by atoms with Crippen LogP contribution in [-0.2, 0) is 20.0 Å². The molecule has 1 aromatic rings. The van der Waals surface area contributed by atoms with Gasteiger partial charge in [-0.2, -0.15) is 5.10 Å². The zero-order valence-corrected chi connectivity index (χ0v) is 7.98. The topological polar surface area (TPSA) is 29.9 Å². The number of nitrogens with one attached hydrogen (secondary N) is 1. The van der Waals surface area contributed by atoms with Gasteiger partial charge in [0.2, 0.25) is 0 Å². The zero-order valence-electron chi connectivity index (χ0n) is 6.39. The number of hydrogen-bond donors (Lipinski definition) is 1. The van der Waals surface area contributed by atoms with Crippen LogP contribution in [0.2, 0.25) is 0 Å². The Morgan fingerprint density at radius 1 is 1.64 bits per heavy atom. The van der Waals surface area contributed by atoms with Crippen LogP contribution < -0.4 is 5.32 Å². The molecule has 0 unspecified atom stereocenters.